The number of sulfonamides is 1. The summed E-state index contributed by atoms with van der Waals surface area (Å²) in [6.07, 6.45) is 0. The van der Waals surface area contributed by atoms with Gasteiger partial charge in [0.25, 0.3) is 0 Å². The minimum Gasteiger partial charge on any atom is -0.495 e. The number of carbonyl (C=O) groups is 1. The molecule has 0 atom stereocenters. The van der Waals surface area contributed by atoms with Crippen molar-refractivity contribution >= 4 is 44.7 Å². The summed E-state index contributed by atoms with van der Waals surface area (Å²) < 4.78 is 28.6. The molecule has 0 fully saturated rings. The number of methoxy groups -OCH3 is 1. The van der Waals surface area contributed by atoms with Gasteiger partial charge < -0.3 is 10.1 Å². The van der Waals surface area contributed by atoms with Gasteiger partial charge in [0.1, 0.15) is 9.96 Å². The topological polar surface area (TPSA) is 98.5 Å². The van der Waals surface area contributed by atoms with Crippen LogP contribution in [-0.4, -0.2) is 21.4 Å². The third-order valence-corrected chi connectivity index (χ3v) is 6.18. The van der Waals surface area contributed by atoms with E-state index in [4.69, 9.17) is 9.88 Å². The van der Waals surface area contributed by atoms with Crippen LogP contribution in [0.25, 0.3) is 0 Å². The number of amides is 1. The lowest BCUT2D eigenvalue weighted by Crippen LogP contribution is -2.09. The quantitative estimate of drug-likeness (QED) is 0.856. The molecule has 0 radical (unpaired) electrons. The number of anilines is 1. The van der Waals surface area contributed by atoms with Crippen molar-refractivity contribution in [2.45, 2.75) is 20.2 Å². The standard InChI is InChI=1S/C13H14N2O4S3/c1-8(16)15-10-7-9(3-4-11(10)19-2)20-12-5-6-13(21-12)22(14,17)18/h3-7H,1-2H3,(H,15,16)(H2,14,17,18). The molecule has 0 aliphatic heterocycles. The van der Waals surface area contributed by atoms with Crippen LogP contribution in [0.15, 0.2) is 43.6 Å². The largest absolute Gasteiger partial charge is 0.495 e. The molecule has 1 heterocycles. The van der Waals surface area contributed by atoms with Gasteiger partial charge in [0.05, 0.1) is 17.0 Å². The summed E-state index contributed by atoms with van der Waals surface area (Å²) in [7, 11) is -2.16. The fourth-order valence-corrected chi connectivity index (χ4v) is 4.69. The second-order valence-corrected chi connectivity index (χ2v) is 8.51. The van der Waals surface area contributed by atoms with Crippen LogP contribution in [0.5, 0.6) is 5.75 Å². The van der Waals surface area contributed by atoms with Crippen LogP contribution < -0.4 is 15.2 Å². The lowest BCUT2D eigenvalue weighted by Gasteiger charge is -2.10. The SMILES string of the molecule is COc1ccc(Sc2ccc(S(N)(=O)=O)s2)cc1NC(C)=O. The van der Waals surface area contributed by atoms with Crippen LogP contribution in [-0.2, 0) is 14.8 Å². The van der Waals surface area contributed by atoms with Crippen molar-refractivity contribution in [3.05, 3.63) is 30.3 Å². The van der Waals surface area contributed by atoms with Gasteiger partial charge in [-0.05, 0) is 30.3 Å². The van der Waals surface area contributed by atoms with Gasteiger partial charge in [-0.15, -0.1) is 11.3 Å². The number of carbonyl (C=O) groups excluding carboxylic acids is 1. The molecule has 1 amide bonds. The predicted molar refractivity (Wildman–Crippen MR) is 87.1 cm³/mol. The summed E-state index contributed by atoms with van der Waals surface area (Å²) in [5.74, 6) is 0.351. The molecule has 6 nitrogen and oxygen atoms in total. The van der Waals surface area contributed by atoms with Gasteiger partial charge in [-0.3, -0.25) is 4.79 Å². The van der Waals surface area contributed by atoms with E-state index >= 15 is 0 Å². The van der Waals surface area contributed by atoms with Crippen molar-refractivity contribution in [2.24, 2.45) is 5.14 Å². The zero-order valence-corrected chi connectivity index (χ0v) is 14.3. The van der Waals surface area contributed by atoms with Crippen molar-refractivity contribution in [1.29, 1.82) is 0 Å². The van der Waals surface area contributed by atoms with Crippen molar-refractivity contribution in [3.63, 3.8) is 0 Å². The molecule has 9 heteroatoms. The van der Waals surface area contributed by atoms with Crippen molar-refractivity contribution in [1.82, 2.24) is 0 Å². The van der Waals surface area contributed by atoms with E-state index in [0.717, 1.165) is 20.4 Å². The van der Waals surface area contributed by atoms with E-state index in [9.17, 15) is 13.2 Å². The molecule has 3 N–H and O–H groups in total. The minimum absolute atomic E-state index is 0.116. The first-order chi connectivity index (χ1) is 10.3. The lowest BCUT2D eigenvalue weighted by atomic mass is 10.3. The van der Waals surface area contributed by atoms with Gasteiger partial charge in [0, 0.05) is 11.8 Å². The molecular formula is C13H14N2O4S3. The Balaban J connectivity index is 2.26. The Labute approximate surface area is 136 Å². The van der Waals surface area contributed by atoms with Gasteiger partial charge in [-0.2, -0.15) is 0 Å². The molecule has 0 spiro atoms. The number of ether oxygens (including phenoxy) is 1. The number of hydrogen-bond acceptors (Lipinski definition) is 6. The lowest BCUT2D eigenvalue weighted by molar-refractivity contribution is -0.114. The van der Waals surface area contributed by atoms with Crippen LogP contribution in [0, 0.1) is 0 Å². The second-order valence-electron chi connectivity index (χ2n) is 4.26. The summed E-state index contributed by atoms with van der Waals surface area (Å²) >= 11 is 2.47. The van der Waals surface area contributed by atoms with Crippen LogP contribution in [0.2, 0.25) is 0 Å². The first-order valence-corrected chi connectivity index (χ1v) is 9.23. The van der Waals surface area contributed by atoms with E-state index in [1.54, 1.807) is 18.2 Å². The molecule has 2 rings (SSSR count). The average Bonchev–Trinajstić information content (AvgIpc) is 2.87. The summed E-state index contributed by atoms with van der Waals surface area (Å²) in [6.45, 7) is 1.41. The Morgan fingerprint density at radius 3 is 2.59 bits per heavy atom. The summed E-state index contributed by atoms with van der Waals surface area (Å²) in [6, 6.07) is 8.49. The summed E-state index contributed by atoms with van der Waals surface area (Å²) in [5.41, 5.74) is 0.559. The normalized spacial score (nSPS) is 11.2. The van der Waals surface area contributed by atoms with Gasteiger partial charge in [-0.1, -0.05) is 11.8 Å². The molecule has 0 saturated carbocycles. The number of primary sulfonamides is 1. The maximum Gasteiger partial charge on any atom is 0.247 e. The molecule has 0 bridgehead atoms. The van der Waals surface area contributed by atoms with Gasteiger partial charge in [0.2, 0.25) is 15.9 Å². The van der Waals surface area contributed by atoms with Crippen LogP contribution in [0.3, 0.4) is 0 Å². The predicted octanol–water partition coefficient (Wildman–Crippen LogP) is 2.51. The highest BCUT2D eigenvalue weighted by atomic mass is 32.3. The Bertz CT molecular complexity index is 799. The molecule has 0 aliphatic rings. The molecule has 118 valence electrons. The minimum atomic E-state index is -3.68. The number of rotatable bonds is 5. The first kappa shape index (κ1) is 16.8. The van der Waals surface area contributed by atoms with Crippen molar-refractivity contribution in [2.75, 3.05) is 12.4 Å². The zero-order chi connectivity index (χ0) is 16.3. The first-order valence-electron chi connectivity index (χ1n) is 6.05. The Morgan fingerprint density at radius 2 is 2.05 bits per heavy atom. The highest BCUT2D eigenvalue weighted by molar-refractivity contribution is 8.01. The zero-order valence-electron chi connectivity index (χ0n) is 11.8. The molecule has 0 aliphatic carbocycles. The highest BCUT2D eigenvalue weighted by Gasteiger charge is 2.13. The second kappa shape index (κ2) is 6.69. The van der Waals surface area contributed by atoms with E-state index < -0.39 is 10.0 Å². The van der Waals surface area contributed by atoms with Gasteiger partial charge in [0.15, 0.2) is 0 Å². The summed E-state index contributed by atoms with van der Waals surface area (Å²) in [5, 5.41) is 7.78. The maximum atomic E-state index is 11.3. The van der Waals surface area contributed by atoms with Crippen LogP contribution in [0.1, 0.15) is 6.92 Å². The van der Waals surface area contributed by atoms with Crippen molar-refractivity contribution < 1.29 is 17.9 Å². The Morgan fingerprint density at radius 1 is 1.32 bits per heavy atom. The van der Waals surface area contributed by atoms with Crippen LogP contribution >= 0.6 is 23.1 Å². The highest BCUT2D eigenvalue weighted by Crippen LogP contribution is 2.37. The smallest absolute Gasteiger partial charge is 0.247 e. The number of thiophene rings is 1. The third-order valence-electron chi connectivity index (χ3n) is 2.54. The maximum absolute atomic E-state index is 11.3. The number of nitrogens with two attached hydrogens (primary N) is 1. The Hall–Kier alpha value is -1.55. The monoisotopic (exact) mass is 358 g/mol. The van der Waals surface area contributed by atoms with E-state index in [0.29, 0.717) is 11.4 Å². The van der Waals surface area contributed by atoms with Gasteiger partial charge >= 0.3 is 0 Å². The average molecular weight is 358 g/mol. The number of hydrogen-bond donors (Lipinski definition) is 2. The molecule has 0 unspecified atom stereocenters. The van der Waals surface area contributed by atoms with Crippen LogP contribution in [0.4, 0.5) is 5.69 Å². The Kier molecular flexibility index (Phi) is 5.12. The fraction of sp³-hybridized carbons (Fsp3) is 0.154. The van der Waals surface area contributed by atoms with Gasteiger partial charge in [-0.25, -0.2) is 13.6 Å². The summed E-state index contributed by atoms with van der Waals surface area (Å²) in [4.78, 5) is 12.1. The fourth-order valence-electron chi connectivity index (χ4n) is 1.67. The van der Waals surface area contributed by atoms with E-state index in [-0.39, 0.29) is 10.1 Å². The molecule has 2 aromatic rings. The number of benzene rings is 1. The van der Waals surface area contributed by atoms with E-state index in [2.05, 4.69) is 5.32 Å². The van der Waals surface area contributed by atoms with Crippen molar-refractivity contribution in [3.8, 4) is 5.75 Å². The number of nitrogens with one attached hydrogen (secondary N) is 1. The molecule has 0 saturated heterocycles. The molecule has 22 heavy (non-hydrogen) atoms. The van der Waals surface area contributed by atoms with E-state index in [1.165, 1.54) is 31.9 Å². The molecule has 1 aromatic carbocycles. The third kappa shape index (κ3) is 4.23. The molecular weight excluding hydrogens is 344 g/mol. The van der Waals surface area contributed by atoms with E-state index in [1.807, 2.05) is 6.07 Å². The molecule has 1 aromatic heterocycles.